The van der Waals surface area contributed by atoms with E-state index in [0.29, 0.717) is 22.7 Å². The molecular weight excluding hydrogens is 408 g/mol. The molecule has 5 aliphatic rings. The van der Waals surface area contributed by atoms with Crippen LogP contribution in [-0.2, 0) is 9.59 Å². The highest BCUT2D eigenvalue weighted by molar-refractivity contribution is 6.04. The van der Waals surface area contributed by atoms with Crippen LogP contribution in [-0.4, -0.2) is 23.3 Å². The van der Waals surface area contributed by atoms with E-state index in [1.165, 1.54) is 25.7 Å². The summed E-state index contributed by atoms with van der Waals surface area (Å²) in [5.74, 6) is 1.27. The fraction of sp³-hybridized carbons (Fsp3) is 0.933. The molecule has 0 aliphatic heterocycles. The molecule has 0 spiro atoms. The Bertz CT molecular complexity index is 876. The van der Waals surface area contributed by atoms with E-state index >= 15 is 0 Å². The topological polar surface area (TPSA) is 54.4 Å². The molecule has 5 rings (SSSR count). The average Bonchev–Trinajstić information content (AvgIpc) is 2.73. The third-order valence-corrected chi connectivity index (χ3v) is 13.4. The van der Waals surface area contributed by atoms with Crippen LogP contribution < -0.4 is 0 Å². The molecule has 0 saturated heterocycles. The second-order valence-electron chi connectivity index (χ2n) is 15.2. The van der Waals surface area contributed by atoms with Gasteiger partial charge in [-0.25, -0.2) is 0 Å². The summed E-state index contributed by atoms with van der Waals surface area (Å²) in [4.78, 5) is 26.3. The first-order valence-electron chi connectivity index (χ1n) is 13.9. The molecular formula is C30H48O3. The molecule has 0 amide bonds. The van der Waals surface area contributed by atoms with Gasteiger partial charge in [0.25, 0.3) is 0 Å². The Balaban J connectivity index is 1.61. The van der Waals surface area contributed by atoms with Crippen molar-refractivity contribution in [1.29, 1.82) is 0 Å². The Morgan fingerprint density at radius 3 is 2.12 bits per heavy atom. The highest BCUT2D eigenvalue weighted by Crippen LogP contribution is 2.78. The Kier molecular flexibility index (Phi) is 5.06. The van der Waals surface area contributed by atoms with Gasteiger partial charge in [-0.15, -0.1) is 0 Å². The molecule has 9 atom stereocenters. The molecule has 0 aromatic heterocycles. The molecule has 186 valence electrons. The van der Waals surface area contributed by atoms with Gasteiger partial charge in [-0.1, -0.05) is 48.5 Å². The second-order valence-corrected chi connectivity index (χ2v) is 15.2. The fourth-order valence-corrected chi connectivity index (χ4v) is 11.1. The molecule has 0 aromatic rings. The lowest BCUT2D eigenvalue weighted by Crippen LogP contribution is -2.70. The lowest BCUT2D eigenvalue weighted by molar-refractivity contribution is -0.268. The van der Waals surface area contributed by atoms with E-state index in [-0.39, 0.29) is 58.1 Å². The fourth-order valence-electron chi connectivity index (χ4n) is 11.1. The summed E-state index contributed by atoms with van der Waals surface area (Å²) in [5, 5.41) is 11.3. The van der Waals surface area contributed by atoms with E-state index in [4.69, 9.17) is 0 Å². The number of carbonyl (C=O) groups excluding carboxylic acids is 2. The lowest BCUT2D eigenvalue weighted by atomic mass is 9.30. The van der Waals surface area contributed by atoms with Crippen LogP contribution in [0, 0.1) is 56.2 Å². The van der Waals surface area contributed by atoms with Gasteiger partial charge in [-0.05, 0) is 96.7 Å². The number of fused-ring (bicyclic) bond motifs is 7. The zero-order valence-corrected chi connectivity index (χ0v) is 22.4. The first-order chi connectivity index (χ1) is 15.2. The lowest BCUT2D eigenvalue weighted by Gasteiger charge is -2.74. The molecule has 0 unspecified atom stereocenters. The summed E-state index contributed by atoms with van der Waals surface area (Å²) in [7, 11) is 0. The molecule has 33 heavy (non-hydrogen) atoms. The van der Waals surface area contributed by atoms with Crippen LogP contribution >= 0.6 is 0 Å². The van der Waals surface area contributed by atoms with E-state index in [1.807, 2.05) is 0 Å². The highest BCUT2D eigenvalue weighted by atomic mass is 16.3. The number of rotatable bonds is 1. The van der Waals surface area contributed by atoms with Gasteiger partial charge in [0.2, 0.25) is 0 Å². The van der Waals surface area contributed by atoms with Gasteiger partial charge >= 0.3 is 0 Å². The van der Waals surface area contributed by atoms with Gasteiger partial charge < -0.3 is 5.11 Å². The van der Waals surface area contributed by atoms with E-state index in [1.54, 1.807) is 0 Å². The van der Waals surface area contributed by atoms with Crippen LogP contribution in [0.5, 0.6) is 0 Å². The largest absolute Gasteiger partial charge is 0.396 e. The molecule has 0 heterocycles. The third-order valence-electron chi connectivity index (χ3n) is 13.4. The normalized spacial score (nSPS) is 55.8. The Morgan fingerprint density at radius 2 is 1.45 bits per heavy atom. The maximum Gasteiger partial charge on any atom is 0.144 e. The van der Waals surface area contributed by atoms with Crippen LogP contribution in [0.3, 0.4) is 0 Å². The average molecular weight is 457 g/mol. The number of hydrogen-bond acceptors (Lipinski definition) is 3. The van der Waals surface area contributed by atoms with Crippen molar-refractivity contribution in [2.75, 3.05) is 6.61 Å². The van der Waals surface area contributed by atoms with Crippen molar-refractivity contribution in [1.82, 2.24) is 0 Å². The first kappa shape index (κ1) is 24.0. The van der Waals surface area contributed by atoms with Crippen molar-refractivity contribution >= 4 is 11.6 Å². The second kappa shape index (κ2) is 6.95. The van der Waals surface area contributed by atoms with Crippen molar-refractivity contribution in [2.24, 2.45) is 56.2 Å². The van der Waals surface area contributed by atoms with Gasteiger partial charge in [-0.2, -0.15) is 0 Å². The van der Waals surface area contributed by atoms with Gasteiger partial charge in [0.15, 0.2) is 0 Å². The first-order valence-corrected chi connectivity index (χ1v) is 13.9. The highest BCUT2D eigenvalue weighted by Gasteiger charge is 2.73. The van der Waals surface area contributed by atoms with E-state index < -0.39 is 0 Å². The zero-order valence-electron chi connectivity index (χ0n) is 22.4. The predicted octanol–water partition coefficient (Wildman–Crippen LogP) is 6.61. The molecule has 5 saturated carbocycles. The summed E-state index contributed by atoms with van der Waals surface area (Å²) in [6, 6.07) is 0. The number of ketones is 2. The quantitative estimate of drug-likeness (QED) is 0.452. The predicted molar refractivity (Wildman–Crippen MR) is 132 cm³/mol. The summed E-state index contributed by atoms with van der Waals surface area (Å²) >= 11 is 0. The van der Waals surface area contributed by atoms with E-state index in [2.05, 4.69) is 48.5 Å². The number of carbonyl (C=O) groups is 2. The Hall–Kier alpha value is -0.700. The third kappa shape index (κ3) is 2.84. The smallest absolute Gasteiger partial charge is 0.144 e. The minimum atomic E-state index is -0.224. The number of Topliss-reactive ketones (excluding diaryl/α,β-unsaturated/α-hetero) is 2. The minimum Gasteiger partial charge on any atom is -0.396 e. The van der Waals surface area contributed by atoms with Crippen molar-refractivity contribution in [2.45, 2.75) is 113 Å². The van der Waals surface area contributed by atoms with Crippen molar-refractivity contribution in [3.05, 3.63) is 0 Å². The van der Waals surface area contributed by atoms with Crippen LogP contribution in [0.2, 0.25) is 0 Å². The van der Waals surface area contributed by atoms with Crippen molar-refractivity contribution in [3.63, 3.8) is 0 Å². The maximum atomic E-state index is 13.6. The van der Waals surface area contributed by atoms with Crippen molar-refractivity contribution in [3.8, 4) is 0 Å². The molecule has 5 fully saturated rings. The van der Waals surface area contributed by atoms with Crippen molar-refractivity contribution < 1.29 is 14.7 Å². The van der Waals surface area contributed by atoms with Crippen LogP contribution in [0.1, 0.15) is 113 Å². The maximum absolute atomic E-state index is 13.6. The van der Waals surface area contributed by atoms with Gasteiger partial charge in [0.1, 0.15) is 11.6 Å². The molecule has 5 aliphatic carbocycles. The molecule has 0 bridgehead atoms. The Morgan fingerprint density at radius 1 is 0.788 bits per heavy atom. The zero-order chi connectivity index (χ0) is 24.2. The number of aliphatic hydroxyl groups is 1. The van der Waals surface area contributed by atoms with Gasteiger partial charge in [0.05, 0.1) is 6.42 Å². The molecule has 0 aromatic carbocycles. The van der Waals surface area contributed by atoms with Crippen LogP contribution in [0.4, 0.5) is 0 Å². The molecule has 3 nitrogen and oxygen atoms in total. The van der Waals surface area contributed by atoms with Crippen LogP contribution in [0.25, 0.3) is 0 Å². The standard InChI is InChI=1S/C30H48O3/c1-19-20(32)16-21(33)24-27(19,5)9-8-22-28(24,6)13-14-29(7)23-17-25(2,3)10-11-26(23,4)12-15-30(22,29)18-31/h19,22-24,31H,8-18H2,1-7H3/t19-,22-,23+,24+,26+,27+,28+,29-,30-/m0/s1. The van der Waals surface area contributed by atoms with Gasteiger partial charge in [0, 0.05) is 23.9 Å². The van der Waals surface area contributed by atoms with E-state index in [0.717, 1.165) is 32.1 Å². The molecule has 3 heteroatoms. The summed E-state index contributed by atoms with van der Waals surface area (Å²) in [6.07, 6.45) is 10.5. The van der Waals surface area contributed by atoms with E-state index in [9.17, 15) is 14.7 Å². The Labute approximate surface area is 201 Å². The summed E-state index contributed by atoms with van der Waals surface area (Å²) in [5.41, 5.74) is 0.416. The molecule has 0 radical (unpaired) electrons. The number of aliphatic hydroxyl groups excluding tert-OH is 1. The minimum absolute atomic E-state index is 0.0369. The monoisotopic (exact) mass is 456 g/mol. The van der Waals surface area contributed by atoms with Gasteiger partial charge in [-0.3, -0.25) is 9.59 Å². The summed E-state index contributed by atoms with van der Waals surface area (Å²) < 4.78 is 0. The SMILES string of the molecule is C[C@H]1C(=O)CC(=O)[C@@H]2[C@]1(C)CC[C@H]1[C@@]2(C)CC[C@@]2(C)[C@@H]3CC(C)(C)CC[C@]3(C)CC[C@]12CO. The molecule has 1 N–H and O–H groups in total. The van der Waals surface area contributed by atoms with Crippen LogP contribution in [0.15, 0.2) is 0 Å². The summed E-state index contributed by atoms with van der Waals surface area (Å²) in [6.45, 7) is 16.9. The number of hydrogen-bond donors (Lipinski definition) is 1.